The van der Waals surface area contributed by atoms with Crippen LogP contribution in [0.1, 0.15) is 79.0 Å². The van der Waals surface area contributed by atoms with Crippen molar-refractivity contribution in [1.82, 2.24) is 14.8 Å². The fraction of sp³-hybridized carbons (Fsp3) is 0.536. The lowest BCUT2D eigenvalue weighted by molar-refractivity contribution is 0.0388. The summed E-state index contributed by atoms with van der Waals surface area (Å²) < 4.78 is 0. The molecule has 3 heterocycles. The quantitative estimate of drug-likeness (QED) is 0.548. The minimum atomic E-state index is -0.115. The number of benzene rings is 1. The van der Waals surface area contributed by atoms with E-state index < -0.39 is 0 Å². The summed E-state index contributed by atoms with van der Waals surface area (Å²) in [5, 5.41) is 3.54. The number of aryl methyl sites for hydroxylation is 1. The Labute approximate surface area is 213 Å². The van der Waals surface area contributed by atoms with E-state index in [9.17, 15) is 9.59 Å². The summed E-state index contributed by atoms with van der Waals surface area (Å²) in [6.07, 6.45) is 8.85. The predicted molar refractivity (Wildman–Crippen MR) is 139 cm³/mol. The van der Waals surface area contributed by atoms with Gasteiger partial charge in [-0.2, -0.15) is 0 Å². The number of likely N-dealkylation sites (tertiary alicyclic amines) is 2. The van der Waals surface area contributed by atoms with E-state index in [1.54, 1.807) is 12.1 Å². The molecule has 1 aliphatic carbocycles. The van der Waals surface area contributed by atoms with Gasteiger partial charge in [-0.15, -0.1) is 0 Å². The number of nitrogens with one attached hydrogen (secondary N) is 1. The van der Waals surface area contributed by atoms with Gasteiger partial charge < -0.3 is 15.1 Å². The van der Waals surface area contributed by atoms with Crippen LogP contribution in [0.2, 0.25) is 5.02 Å². The van der Waals surface area contributed by atoms with Gasteiger partial charge in [0.1, 0.15) is 0 Å². The van der Waals surface area contributed by atoms with Crippen molar-refractivity contribution in [2.24, 2.45) is 5.92 Å². The van der Waals surface area contributed by atoms with Gasteiger partial charge in [0, 0.05) is 48.0 Å². The molecule has 1 N–H and O–H groups in total. The van der Waals surface area contributed by atoms with Crippen molar-refractivity contribution in [3.8, 4) is 0 Å². The molecule has 0 bridgehead atoms. The second-order valence-electron chi connectivity index (χ2n) is 10.3. The number of nitrogens with zero attached hydrogens (tertiary/aromatic N) is 3. The Morgan fingerprint density at radius 1 is 0.971 bits per heavy atom. The van der Waals surface area contributed by atoms with Gasteiger partial charge in [-0.25, -0.2) is 4.79 Å². The summed E-state index contributed by atoms with van der Waals surface area (Å²) in [5.74, 6) is 0.991. The maximum atomic E-state index is 13.8. The number of carbonyl (C=O) groups is 2. The minimum Gasteiger partial charge on any atom is -0.335 e. The highest BCUT2D eigenvalue weighted by Gasteiger charge is 2.37. The molecule has 7 heteroatoms. The lowest BCUT2D eigenvalue weighted by Gasteiger charge is -2.44. The van der Waals surface area contributed by atoms with Gasteiger partial charge >= 0.3 is 6.03 Å². The second kappa shape index (κ2) is 10.6. The number of anilines is 1. The largest absolute Gasteiger partial charge is 0.335 e. The van der Waals surface area contributed by atoms with Crippen molar-refractivity contribution in [3.63, 3.8) is 0 Å². The number of rotatable bonds is 3. The van der Waals surface area contributed by atoms with Crippen molar-refractivity contribution < 1.29 is 9.59 Å². The van der Waals surface area contributed by atoms with E-state index in [1.807, 2.05) is 36.1 Å². The van der Waals surface area contributed by atoms with Gasteiger partial charge in [-0.3, -0.25) is 9.78 Å². The Hall–Kier alpha value is -2.60. The first-order valence-corrected chi connectivity index (χ1v) is 13.5. The molecular weight excluding hydrogens is 460 g/mol. The van der Waals surface area contributed by atoms with Gasteiger partial charge in [-0.1, -0.05) is 30.5 Å². The molecule has 3 aliphatic rings. The van der Waals surface area contributed by atoms with Gasteiger partial charge in [0.15, 0.2) is 0 Å². The molecule has 0 spiro atoms. The van der Waals surface area contributed by atoms with Crippen molar-refractivity contribution in [2.75, 3.05) is 25.0 Å². The summed E-state index contributed by atoms with van der Waals surface area (Å²) in [4.78, 5) is 35.5. The Bertz CT molecular complexity index is 1080. The zero-order chi connectivity index (χ0) is 24.4. The number of aromatic nitrogens is 1. The highest BCUT2D eigenvalue weighted by atomic mass is 35.5. The standard InChI is InChI=1S/C28H35ClN4O2/c1-19-11-12-24(27(34)33-15-5-7-20-6-2-3-10-25(20)33)26(30-19)21-13-16-32(17-14-21)28(35)31-23-9-4-8-22(29)18-23/h4,8-9,11-12,18,20-21,25H,2-3,5-7,10,13-17H2,1H3,(H,31,35). The Balaban J connectivity index is 1.28. The van der Waals surface area contributed by atoms with Crippen LogP contribution in [0.5, 0.6) is 0 Å². The van der Waals surface area contributed by atoms with Crippen LogP contribution < -0.4 is 5.32 Å². The second-order valence-corrected chi connectivity index (χ2v) is 10.8. The van der Waals surface area contributed by atoms with E-state index in [-0.39, 0.29) is 17.9 Å². The molecule has 2 aromatic rings. The van der Waals surface area contributed by atoms with Crippen LogP contribution in [-0.4, -0.2) is 52.4 Å². The maximum Gasteiger partial charge on any atom is 0.321 e. The third kappa shape index (κ3) is 5.32. The van der Waals surface area contributed by atoms with Gasteiger partial charge in [-0.05, 0) is 81.7 Å². The van der Waals surface area contributed by atoms with Crippen LogP contribution in [0.4, 0.5) is 10.5 Å². The fourth-order valence-corrected chi connectivity index (χ4v) is 6.42. The van der Waals surface area contributed by atoms with Gasteiger partial charge in [0.2, 0.25) is 0 Å². The number of amides is 3. The molecule has 0 radical (unpaired) electrons. The molecule has 3 fully saturated rings. The molecule has 1 aromatic carbocycles. The summed E-state index contributed by atoms with van der Waals surface area (Å²) in [5.41, 5.74) is 3.32. The number of pyridine rings is 1. The number of urea groups is 1. The maximum absolute atomic E-state index is 13.8. The Kier molecular flexibility index (Phi) is 7.28. The molecule has 2 saturated heterocycles. The van der Waals surface area contributed by atoms with Crippen LogP contribution in [0.3, 0.4) is 0 Å². The third-order valence-electron chi connectivity index (χ3n) is 8.04. The van der Waals surface area contributed by atoms with Crippen LogP contribution in [0.15, 0.2) is 36.4 Å². The summed E-state index contributed by atoms with van der Waals surface area (Å²) in [6, 6.07) is 11.4. The first-order chi connectivity index (χ1) is 17.0. The predicted octanol–water partition coefficient (Wildman–Crippen LogP) is 6.25. The Morgan fingerprint density at radius 3 is 2.54 bits per heavy atom. The lowest BCUT2D eigenvalue weighted by atomic mass is 9.78. The molecule has 186 valence electrons. The number of fused-ring (bicyclic) bond motifs is 1. The Morgan fingerprint density at radius 2 is 1.74 bits per heavy atom. The number of hydrogen-bond acceptors (Lipinski definition) is 3. The zero-order valence-corrected chi connectivity index (χ0v) is 21.3. The summed E-state index contributed by atoms with van der Waals surface area (Å²) >= 11 is 6.05. The average Bonchev–Trinajstić information content (AvgIpc) is 2.88. The number of carbonyl (C=O) groups excluding carboxylic acids is 2. The average molecular weight is 495 g/mol. The molecule has 3 amide bonds. The molecule has 1 saturated carbocycles. The number of piperidine rings is 2. The fourth-order valence-electron chi connectivity index (χ4n) is 6.23. The molecular formula is C28H35ClN4O2. The topological polar surface area (TPSA) is 65.5 Å². The van der Waals surface area contributed by atoms with E-state index in [0.29, 0.717) is 35.8 Å². The van der Waals surface area contributed by atoms with E-state index in [0.717, 1.165) is 49.2 Å². The van der Waals surface area contributed by atoms with Gasteiger partial charge in [0.25, 0.3) is 5.91 Å². The third-order valence-corrected chi connectivity index (χ3v) is 8.28. The van der Waals surface area contributed by atoms with Crippen molar-refractivity contribution in [1.29, 1.82) is 0 Å². The monoisotopic (exact) mass is 494 g/mol. The molecule has 6 nitrogen and oxygen atoms in total. The van der Waals surface area contributed by atoms with Crippen LogP contribution >= 0.6 is 11.6 Å². The summed E-state index contributed by atoms with van der Waals surface area (Å²) in [6.45, 7) is 4.11. The molecule has 2 unspecified atom stereocenters. The molecule has 2 aliphatic heterocycles. The van der Waals surface area contributed by atoms with Crippen molar-refractivity contribution >= 4 is 29.2 Å². The van der Waals surface area contributed by atoms with Crippen LogP contribution in [0.25, 0.3) is 0 Å². The lowest BCUT2D eigenvalue weighted by Crippen LogP contribution is -2.50. The first kappa shape index (κ1) is 24.1. The minimum absolute atomic E-state index is 0.115. The van der Waals surface area contributed by atoms with Crippen molar-refractivity contribution in [3.05, 3.63) is 58.4 Å². The SMILES string of the molecule is Cc1ccc(C(=O)N2CCCC3CCCCC32)c(C2CCN(C(=O)Nc3cccc(Cl)c3)CC2)n1. The van der Waals surface area contributed by atoms with E-state index in [2.05, 4.69) is 10.2 Å². The zero-order valence-electron chi connectivity index (χ0n) is 20.5. The molecule has 5 rings (SSSR count). The highest BCUT2D eigenvalue weighted by molar-refractivity contribution is 6.30. The van der Waals surface area contributed by atoms with E-state index in [1.165, 1.54) is 25.7 Å². The van der Waals surface area contributed by atoms with E-state index >= 15 is 0 Å². The first-order valence-electron chi connectivity index (χ1n) is 13.1. The molecule has 2 atom stereocenters. The van der Waals surface area contributed by atoms with Crippen LogP contribution in [0, 0.1) is 12.8 Å². The van der Waals surface area contributed by atoms with Crippen molar-refractivity contribution in [2.45, 2.75) is 70.3 Å². The number of hydrogen-bond donors (Lipinski definition) is 1. The molecule has 35 heavy (non-hydrogen) atoms. The highest BCUT2D eigenvalue weighted by Crippen LogP contribution is 2.37. The van der Waals surface area contributed by atoms with E-state index in [4.69, 9.17) is 16.6 Å². The van der Waals surface area contributed by atoms with Crippen LogP contribution in [-0.2, 0) is 0 Å². The number of halogens is 1. The normalized spacial score (nSPS) is 23.0. The smallest absolute Gasteiger partial charge is 0.321 e. The van der Waals surface area contributed by atoms with Gasteiger partial charge in [0.05, 0.1) is 11.3 Å². The molecule has 1 aromatic heterocycles. The summed E-state index contributed by atoms with van der Waals surface area (Å²) in [7, 11) is 0.